The van der Waals surface area contributed by atoms with E-state index in [1.165, 1.54) is 6.07 Å². The van der Waals surface area contributed by atoms with Crippen molar-refractivity contribution in [1.82, 2.24) is 0 Å². The molecule has 0 atom stereocenters. The molecule has 0 saturated carbocycles. The number of halogens is 1. The summed E-state index contributed by atoms with van der Waals surface area (Å²) < 4.78 is 0. The number of hydrogen-bond donors (Lipinski definition) is 0. The summed E-state index contributed by atoms with van der Waals surface area (Å²) in [6, 6.07) is 14.8. The monoisotopic (exact) mass is 240 g/mol. The van der Waals surface area contributed by atoms with Crippen LogP contribution in [0.1, 0.15) is 11.1 Å². The van der Waals surface area contributed by atoms with Gasteiger partial charge in [0.15, 0.2) is 0 Å². The van der Waals surface area contributed by atoms with Gasteiger partial charge in [-0.2, -0.15) is 0 Å². The van der Waals surface area contributed by atoms with Gasteiger partial charge in [-0.25, -0.2) is 0 Å². The van der Waals surface area contributed by atoms with Crippen LogP contribution in [0.4, 0.5) is 0 Å². The fourth-order valence-corrected chi connectivity index (χ4v) is 1.70. The summed E-state index contributed by atoms with van der Waals surface area (Å²) in [4.78, 5) is 0. The van der Waals surface area contributed by atoms with Gasteiger partial charge in [-0.1, -0.05) is 53.6 Å². The van der Waals surface area contributed by atoms with Gasteiger partial charge in [0.05, 0.1) is 0 Å². The smallest absolute Gasteiger partial charge is 0.872 e. The van der Waals surface area contributed by atoms with Gasteiger partial charge in [0.2, 0.25) is 0 Å². The van der Waals surface area contributed by atoms with Gasteiger partial charge in [-0.3, -0.25) is 0 Å². The van der Waals surface area contributed by atoms with Crippen LogP contribution < -0.4 is 34.7 Å². The second-order valence-electron chi connectivity index (χ2n) is 3.41. The summed E-state index contributed by atoms with van der Waals surface area (Å²) in [7, 11) is 0. The summed E-state index contributed by atoms with van der Waals surface area (Å²) in [6.45, 7) is 0. The molecule has 0 saturated heterocycles. The SMILES string of the molecule is [Na+].[O-]c1ccc(Cl)cc1Cc1ccccc1. The zero-order chi connectivity index (χ0) is 10.7. The Kier molecular flexibility index (Phi) is 5.36. The zero-order valence-electron chi connectivity index (χ0n) is 9.11. The molecule has 2 aromatic carbocycles. The van der Waals surface area contributed by atoms with Crippen LogP contribution in [0.3, 0.4) is 0 Å². The predicted molar refractivity (Wildman–Crippen MR) is 60.1 cm³/mol. The minimum absolute atomic E-state index is 0. The summed E-state index contributed by atoms with van der Waals surface area (Å²) in [6.07, 6.45) is 0.639. The Hall–Kier alpha value is -0.470. The molecule has 0 spiro atoms. The fourth-order valence-electron chi connectivity index (χ4n) is 1.50. The van der Waals surface area contributed by atoms with Gasteiger partial charge in [-0.05, 0) is 24.1 Å². The molecule has 16 heavy (non-hydrogen) atoms. The third-order valence-corrected chi connectivity index (χ3v) is 2.50. The average Bonchev–Trinajstić information content (AvgIpc) is 2.25. The van der Waals surface area contributed by atoms with E-state index in [0.717, 1.165) is 11.1 Å². The maximum atomic E-state index is 11.5. The standard InChI is InChI=1S/C13H11ClO.Na/c14-12-6-7-13(15)11(9-12)8-10-4-2-1-3-5-10;/h1-7,9,15H,8H2;/q;+1/p-1. The van der Waals surface area contributed by atoms with Crippen LogP contribution in [-0.2, 0) is 6.42 Å². The molecule has 2 aromatic rings. The minimum atomic E-state index is 0. The first-order valence-corrected chi connectivity index (χ1v) is 5.13. The van der Waals surface area contributed by atoms with Crippen molar-refractivity contribution in [3.8, 4) is 5.75 Å². The van der Waals surface area contributed by atoms with Crippen LogP contribution in [0.2, 0.25) is 5.02 Å². The first-order chi connectivity index (χ1) is 7.25. The Morgan fingerprint density at radius 3 is 2.38 bits per heavy atom. The predicted octanol–water partition coefficient (Wildman–Crippen LogP) is 0.00840. The molecule has 0 N–H and O–H groups in total. The normalized spacial score (nSPS) is 9.56. The van der Waals surface area contributed by atoms with Crippen LogP contribution in [-0.4, -0.2) is 0 Å². The van der Waals surface area contributed by atoms with Crippen molar-refractivity contribution in [3.63, 3.8) is 0 Å². The molecule has 0 aliphatic rings. The first-order valence-electron chi connectivity index (χ1n) is 4.75. The van der Waals surface area contributed by atoms with Crippen molar-refractivity contribution >= 4 is 11.6 Å². The zero-order valence-corrected chi connectivity index (χ0v) is 11.9. The van der Waals surface area contributed by atoms with Crippen LogP contribution in [0.15, 0.2) is 48.5 Å². The molecule has 2 rings (SSSR count). The number of hydrogen-bond acceptors (Lipinski definition) is 1. The van der Waals surface area contributed by atoms with E-state index < -0.39 is 0 Å². The summed E-state index contributed by atoms with van der Waals surface area (Å²) >= 11 is 5.84. The van der Waals surface area contributed by atoms with Crippen molar-refractivity contribution in [1.29, 1.82) is 0 Å². The third-order valence-electron chi connectivity index (χ3n) is 2.26. The Bertz CT molecular complexity index is 457. The van der Waals surface area contributed by atoms with Crippen LogP contribution >= 0.6 is 11.6 Å². The molecule has 0 bridgehead atoms. The van der Waals surface area contributed by atoms with Crippen LogP contribution in [0.5, 0.6) is 5.75 Å². The maximum Gasteiger partial charge on any atom is 1.00 e. The molecule has 0 radical (unpaired) electrons. The van der Waals surface area contributed by atoms with E-state index in [2.05, 4.69) is 0 Å². The quantitative estimate of drug-likeness (QED) is 0.679. The van der Waals surface area contributed by atoms with E-state index in [-0.39, 0.29) is 35.3 Å². The van der Waals surface area contributed by atoms with Gasteiger partial charge < -0.3 is 5.11 Å². The van der Waals surface area contributed by atoms with Crippen molar-refractivity contribution < 1.29 is 34.7 Å². The summed E-state index contributed by atoms with van der Waals surface area (Å²) in [5.41, 5.74) is 1.87. The molecular formula is C13H10ClNaO. The number of benzene rings is 2. The van der Waals surface area contributed by atoms with Gasteiger partial charge >= 0.3 is 29.6 Å². The van der Waals surface area contributed by atoms with Gasteiger partial charge in [0.25, 0.3) is 0 Å². The molecule has 3 heteroatoms. The fraction of sp³-hybridized carbons (Fsp3) is 0.0769. The minimum Gasteiger partial charge on any atom is -0.872 e. The van der Waals surface area contributed by atoms with Crippen LogP contribution in [0.25, 0.3) is 0 Å². The van der Waals surface area contributed by atoms with Gasteiger partial charge in [-0.15, -0.1) is 5.75 Å². The Morgan fingerprint density at radius 1 is 1.00 bits per heavy atom. The van der Waals surface area contributed by atoms with Crippen LogP contribution in [0, 0.1) is 0 Å². The van der Waals surface area contributed by atoms with Crippen molar-refractivity contribution in [3.05, 3.63) is 64.7 Å². The Balaban J connectivity index is 0.00000128. The van der Waals surface area contributed by atoms with Gasteiger partial charge in [0.1, 0.15) is 0 Å². The van der Waals surface area contributed by atoms with Crippen molar-refractivity contribution in [2.24, 2.45) is 0 Å². The molecular weight excluding hydrogens is 231 g/mol. The molecule has 0 fully saturated rings. The summed E-state index contributed by atoms with van der Waals surface area (Å²) in [5.74, 6) is 0.0447. The average molecular weight is 241 g/mol. The van der Waals surface area contributed by atoms with E-state index in [4.69, 9.17) is 11.6 Å². The van der Waals surface area contributed by atoms with E-state index in [9.17, 15) is 5.11 Å². The first kappa shape index (κ1) is 13.6. The topological polar surface area (TPSA) is 23.1 Å². The Morgan fingerprint density at radius 2 is 1.69 bits per heavy atom. The summed E-state index contributed by atoms with van der Waals surface area (Å²) in [5, 5.41) is 12.1. The molecule has 0 aromatic heterocycles. The van der Waals surface area contributed by atoms with Crippen molar-refractivity contribution in [2.45, 2.75) is 6.42 Å². The third kappa shape index (κ3) is 3.53. The second kappa shape index (κ2) is 6.31. The molecule has 1 nitrogen and oxygen atoms in total. The molecule has 0 aliphatic heterocycles. The second-order valence-corrected chi connectivity index (χ2v) is 3.85. The van der Waals surface area contributed by atoms with E-state index in [0.29, 0.717) is 11.4 Å². The van der Waals surface area contributed by atoms with Gasteiger partial charge in [0, 0.05) is 5.02 Å². The molecule has 76 valence electrons. The van der Waals surface area contributed by atoms with E-state index in [1.807, 2.05) is 30.3 Å². The van der Waals surface area contributed by atoms with E-state index in [1.54, 1.807) is 12.1 Å². The maximum absolute atomic E-state index is 11.5. The molecule has 0 heterocycles. The molecule has 0 aliphatic carbocycles. The number of rotatable bonds is 2. The van der Waals surface area contributed by atoms with Crippen molar-refractivity contribution in [2.75, 3.05) is 0 Å². The van der Waals surface area contributed by atoms with E-state index >= 15 is 0 Å². The Labute approximate surface area is 122 Å². The largest absolute Gasteiger partial charge is 1.00 e. The molecule has 0 amide bonds. The molecule has 0 unspecified atom stereocenters.